The van der Waals surface area contributed by atoms with E-state index in [0.717, 1.165) is 21.7 Å². The molecular formula is C21H26N2O3S2. The number of nitrogens with zero attached hydrogens (tertiary/aromatic N) is 1. The summed E-state index contributed by atoms with van der Waals surface area (Å²) in [6.45, 7) is 2.75. The van der Waals surface area contributed by atoms with Crippen LogP contribution >= 0.6 is 11.8 Å². The summed E-state index contributed by atoms with van der Waals surface area (Å²) in [5.41, 5.74) is 2.68. The van der Waals surface area contributed by atoms with Crippen molar-refractivity contribution < 1.29 is 13.2 Å². The fraction of sp³-hybridized carbons (Fsp3) is 0.381. The third-order valence-corrected chi connectivity index (χ3v) is 7.60. The first-order chi connectivity index (χ1) is 13.4. The topological polar surface area (TPSA) is 66.5 Å². The molecule has 28 heavy (non-hydrogen) atoms. The predicted octanol–water partition coefficient (Wildman–Crippen LogP) is 3.90. The van der Waals surface area contributed by atoms with Crippen LogP contribution in [0.1, 0.15) is 24.0 Å². The highest BCUT2D eigenvalue weighted by atomic mass is 32.2. The minimum Gasteiger partial charge on any atom is -0.326 e. The summed E-state index contributed by atoms with van der Waals surface area (Å²) < 4.78 is 26.9. The van der Waals surface area contributed by atoms with Gasteiger partial charge in [-0.2, -0.15) is 0 Å². The van der Waals surface area contributed by atoms with Crippen molar-refractivity contribution in [1.29, 1.82) is 0 Å². The van der Waals surface area contributed by atoms with Gasteiger partial charge in [0.25, 0.3) is 0 Å². The van der Waals surface area contributed by atoms with E-state index in [1.54, 1.807) is 11.8 Å². The van der Waals surface area contributed by atoms with Gasteiger partial charge in [-0.25, -0.2) is 12.7 Å². The molecule has 1 heterocycles. The highest BCUT2D eigenvalue weighted by Crippen LogP contribution is 2.24. The monoisotopic (exact) mass is 418 g/mol. The molecule has 1 N–H and O–H groups in total. The van der Waals surface area contributed by atoms with Crippen molar-refractivity contribution in [2.75, 3.05) is 24.7 Å². The van der Waals surface area contributed by atoms with E-state index in [1.165, 1.54) is 4.31 Å². The summed E-state index contributed by atoms with van der Waals surface area (Å²) in [7, 11) is -3.37. The van der Waals surface area contributed by atoms with E-state index in [-0.39, 0.29) is 17.6 Å². The van der Waals surface area contributed by atoms with Gasteiger partial charge in [0.05, 0.1) is 5.75 Å². The number of piperidine rings is 1. The number of hydrogen-bond acceptors (Lipinski definition) is 4. The van der Waals surface area contributed by atoms with Crippen LogP contribution in [0.4, 0.5) is 5.69 Å². The van der Waals surface area contributed by atoms with Crippen molar-refractivity contribution in [3.63, 3.8) is 0 Å². The maximum Gasteiger partial charge on any atom is 0.227 e. The highest BCUT2D eigenvalue weighted by Gasteiger charge is 2.31. The standard InChI is InChI=1S/C21H26N2O3S2/c1-16-6-8-17(9-7-16)15-28(25,26)23-12-10-18(11-13-23)21(24)22-19-4-3-5-20(14-19)27-2/h3-9,14,18H,10-13,15H2,1-2H3,(H,22,24). The number of rotatable bonds is 6. The van der Waals surface area contributed by atoms with E-state index in [2.05, 4.69) is 5.32 Å². The lowest BCUT2D eigenvalue weighted by Crippen LogP contribution is -2.41. The number of anilines is 1. The molecule has 0 unspecified atom stereocenters. The Labute approximate surface area is 171 Å². The van der Waals surface area contributed by atoms with E-state index in [1.807, 2.05) is 61.7 Å². The smallest absolute Gasteiger partial charge is 0.227 e. The zero-order valence-corrected chi connectivity index (χ0v) is 17.9. The van der Waals surface area contributed by atoms with Gasteiger partial charge >= 0.3 is 0 Å². The first-order valence-corrected chi connectivity index (χ1v) is 12.2. The van der Waals surface area contributed by atoms with Crippen molar-refractivity contribution in [3.05, 3.63) is 59.7 Å². The summed E-state index contributed by atoms with van der Waals surface area (Å²) in [6.07, 6.45) is 3.08. The van der Waals surface area contributed by atoms with Crippen molar-refractivity contribution in [2.45, 2.75) is 30.4 Å². The fourth-order valence-corrected chi connectivity index (χ4v) is 5.35. The van der Waals surface area contributed by atoms with E-state index < -0.39 is 10.0 Å². The van der Waals surface area contributed by atoms with Crippen molar-refractivity contribution in [2.24, 2.45) is 5.92 Å². The van der Waals surface area contributed by atoms with Crippen molar-refractivity contribution in [1.82, 2.24) is 4.31 Å². The second-order valence-electron chi connectivity index (χ2n) is 7.14. The van der Waals surface area contributed by atoms with Gasteiger partial charge < -0.3 is 5.32 Å². The number of hydrogen-bond donors (Lipinski definition) is 1. The number of aryl methyl sites for hydroxylation is 1. The summed E-state index contributed by atoms with van der Waals surface area (Å²) >= 11 is 1.63. The maximum absolute atomic E-state index is 12.7. The lowest BCUT2D eigenvalue weighted by molar-refractivity contribution is -0.120. The Kier molecular flexibility index (Phi) is 6.80. The Morgan fingerprint density at radius 1 is 1.14 bits per heavy atom. The lowest BCUT2D eigenvalue weighted by Gasteiger charge is -2.30. The molecule has 1 aliphatic rings. The van der Waals surface area contributed by atoms with Crippen LogP contribution in [0.15, 0.2) is 53.4 Å². The maximum atomic E-state index is 12.7. The first-order valence-electron chi connectivity index (χ1n) is 9.35. The molecular weight excluding hydrogens is 392 g/mol. The van der Waals surface area contributed by atoms with Crippen LogP contribution in [0.2, 0.25) is 0 Å². The van der Waals surface area contributed by atoms with Crippen LogP contribution in [0, 0.1) is 12.8 Å². The van der Waals surface area contributed by atoms with Crippen LogP contribution in [0.5, 0.6) is 0 Å². The Morgan fingerprint density at radius 3 is 2.46 bits per heavy atom. The molecule has 7 heteroatoms. The molecule has 150 valence electrons. The molecule has 0 saturated carbocycles. The third-order valence-electron chi connectivity index (χ3n) is 5.03. The molecule has 1 amide bonds. The lowest BCUT2D eigenvalue weighted by atomic mass is 9.97. The molecule has 0 spiro atoms. The van der Waals surface area contributed by atoms with Crippen molar-refractivity contribution in [3.8, 4) is 0 Å². The Morgan fingerprint density at radius 2 is 1.82 bits per heavy atom. The van der Waals surface area contributed by atoms with E-state index in [9.17, 15) is 13.2 Å². The van der Waals surface area contributed by atoms with Gasteiger partial charge in [-0.15, -0.1) is 11.8 Å². The molecule has 0 aliphatic carbocycles. The van der Waals surface area contributed by atoms with Gasteiger partial charge in [0, 0.05) is 29.6 Å². The second kappa shape index (κ2) is 9.11. The Hall–Kier alpha value is -1.83. The van der Waals surface area contributed by atoms with Gasteiger partial charge in [-0.3, -0.25) is 4.79 Å². The predicted molar refractivity (Wildman–Crippen MR) is 115 cm³/mol. The van der Waals surface area contributed by atoms with Crippen LogP contribution in [0.3, 0.4) is 0 Å². The number of thioether (sulfide) groups is 1. The van der Waals surface area contributed by atoms with E-state index in [0.29, 0.717) is 25.9 Å². The molecule has 3 rings (SSSR count). The van der Waals surface area contributed by atoms with Gasteiger partial charge in [-0.1, -0.05) is 35.9 Å². The zero-order chi connectivity index (χ0) is 20.1. The minimum atomic E-state index is -3.37. The Balaban J connectivity index is 1.55. The quantitative estimate of drug-likeness (QED) is 0.723. The molecule has 0 bridgehead atoms. The molecule has 1 saturated heterocycles. The van der Waals surface area contributed by atoms with Crippen LogP contribution in [-0.4, -0.2) is 38.0 Å². The van der Waals surface area contributed by atoms with Gasteiger partial charge in [0.15, 0.2) is 0 Å². The van der Waals surface area contributed by atoms with E-state index in [4.69, 9.17) is 0 Å². The van der Waals surface area contributed by atoms with Gasteiger partial charge in [0.1, 0.15) is 0 Å². The molecule has 2 aromatic carbocycles. The normalized spacial score (nSPS) is 16.1. The summed E-state index contributed by atoms with van der Waals surface area (Å²) in [6, 6.07) is 15.3. The van der Waals surface area contributed by atoms with Crippen LogP contribution in [-0.2, 0) is 20.6 Å². The van der Waals surface area contributed by atoms with Crippen molar-refractivity contribution >= 4 is 33.4 Å². The zero-order valence-electron chi connectivity index (χ0n) is 16.2. The number of amides is 1. The number of sulfonamides is 1. The third kappa shape index (κ3) is 5.37. The molecule has 2 aromatic rings. The number of carbonyl (C=O) groups excluding carboxylic acids is 1. The molecule has 0 atom stereocenters. The van der Waals surface area contributed by atoms with Crippen LogP contribution < -0.4 is 5.32 Å². The summed E-state index contributed by atoms with van der Waals surface area (Å²) in [5.74, 6) is -0.191. The number of nitrogens with one attached hydrogen (secondary N) is 1. The number of benzene rings is 2. The van der Waals surface area contributed by atoms with Gasteiger partial charge in [0.2, 0.25) is 15.9 Å². The van der Waals surface area contributed by atoms with E-state index >= 15 is 0 Å². The summed E-state index contributed by atoms with van der Waals surface area (Å²) in [4.78, 5) is 13.7. The highest BCUT2D eigenvalue weighted by molar-refractivity contribution is 7.98. The second-order valence-corrected chi connectivity index (χ2v) is 9.98. The molecule has 0 aromatic heterocycles. The molecule has 1 aliphatic heterocycles. The molecule has 1 fully saturated rings. The van der Waals surface area contributed by atoms with Gasteiger partial charge in [-0.05, 0) is 49.8 Å². The summed E-state index contributed by atoms with van der Waals surface area (Å²) in [5, 5.41) is 2.96. The number of carbonyl (C=O) groups is 1. The average Bonchev–Trinajstić information content (AvgIpc) is 2.70. The largest absolute Gasteiger partial charge is 0.326 e. The fourth-order valence-electron chi connectivity index (χ4n) is 3.33. The first kappa shape index (κ1) is 20.9. The molecule has 5 nitrogen and oxygen atoms in total. The minimum absolute atomic E-state index is 0.00558. The average molecular weight is 419 g/mol. The van der Waals surface area contributed by atoms with Crippen LogP contribution in [0.25, 0.3) is 0 Å². The Bertz CT molecular complexity index is 919. The SMILES string of the molecule is CSc1cccc(NC(=O)C2CCN(S(=O)(=O)Cc3ccc(C)cc3)CC2)c1. The molecule has 0 radical (unpaired) electrons.